The number of carbonyl (C=O) groups is 4. The first-order valence-corrected chi connectivity index (χ1v) is 12.1. The molecule has 0 radical (unpaired) electrons. The van der Waals surface area contributed by atoms with Gasteiger partial charge in [-0.15, -0.1) is 0 Å². The van der Waals surface area contributed by atoms with Crippen LogP contribution in [0.15, 0.2) is 42.5 Å². The summed E-state index contributed by atoms with van der Waals surface area (Å²) in [5.41, 5.74) is 2.04. The van der Waals surface area contributed by atoms with Gasteiger partial charge in [0.05, 0.1) is 16.7 Å². The highest BCUT2D eigenvalue weighted by molar-refractivity contribution is 6.32. The quantitative estimate of drug-likeness (QED) is 0.346. The Kier molecular flexibility index (Phi) is 9.87. The third kappa shape index (κ3) is 7.92. The minimum atomic E-state index is -1.41. The molecule has 2 aromatic carbocycles. The van der Waals surface area contributed by atoms with Crippen molar-refractivity contribution in [2.24, 2.45) is 0 Å². The highest BCUT2D eigenvalue weighted by atomic mass is 35.5. The van der Waals surface area contributed by atoms with E-state index in [0.717, 1.165) is 31.9 Å². The monoisotopic (exact) mass is 559 g/mol. The topological polar surface area (TPSA) is 147 Å². The Hall–Kier alpha value is -4.14. The van der Waals surface area contributed by atoms with Crippen LogP contribution in [0.1, 0.15) is 33.3 Å². The van der Waals surface area contributed by atoms with Crippen LogP contribution in [0.2, 0.25) is 5.02 Å². The van der Waals surface area contributed by atoms with E-state index in [1.807, 2.05) is 0 Å². The van der Waals surface area contributed by atoms with E-state index in [1.54, 1.807) is 42.5 Å². The molecular formula is C27H26ClNO10. The Morgan fingerprint density at radius 3 is 1.92 bits per heavy atom. The normalized spacial score (nSPS) is 22.1. The van der Waals surface area contributed by atoms with Crippen molar-refractivity contribution in [3.8, 4) is 22.9 Å². The molecule has 0 amide bonds. The van der Waals surface area contributed by atoms with Gasteiger partial charge in [-0.05, 0) is 35.4 Å². The van der Waals surface area contributed by atoms with Crippen molar-refractivity contribution in [2.75, 3.05) is 6.61 Å². The molecule has 1 heterocycles. The molecule has 2 aromatic rings. The van der Waals surface area contributed by atoms with Crippen LogP contribution in [-0.2, 0) is 42.9 Å². The smallest absolute Gasteiger partial charge is 0.303 e. The standard InChI is InChI=1S/C27H26ClNO10/c1-14(30)34-13-23-24(35-15(2)31)25(36-16(3)32)26(37-17(4)33)27(39-23)38-22-10-9-20(11-21(22)28)19-7-5-18(12-29)6-8-19/h5-11,23-27H,13H2,1-4H3/t23-,24-,25+,26+,27-/m1/s1. The lowest BCUT2D eigenvalue weighted by Gasteiger charge is -2.44. The zero-order valence-corrected chi connectivity index (χ0v) is 22.3. The number of nitrogens with zero attached hydrogens (tertiary/aromatic N) is 1. The molecule has 1 aliphatic heterocycles. The number of nitriles is 1. The summed E-state index contributed by atoms with van der Waals surface area (Å²) in [6, 6.07) is 13.8. The molecule has 11 nitrogen and oxygen atoms in total. The molecule has 1 aliphatic rings. The maximum Gasteiger partial charge on any atom is 0.303 e. The van der Waals surface area contributed by atoms with E-state index in [0.29, 0.717) is 5.56 Å². The van der Waals surface area contributed by atoms with Crippen molar-refractivity contribution in [2.45, 2.75) is 58.4 Å². The summed E-state index contributed by atoms with van der Waals surface area (Å²) in [4.78, 5) is 47.3. The van der Waals surface area contributed by atoms with Gasteiger partial charge in [-0.25, -0.2) is 0 Å². The first-order valence-electron chi connectivity index (χ1n) is 11.8. The largest absolute Gasteiger partial charge is 0.463 e. The maximum absolute atomic E-state index is 12.0. The molecule has 0 N–H and O–H groups in total. The number of carbonyl (C=O) groups excluding carboxylic acids is 4. The molecule has 5 atom stereocenters. The molecule has 0 aliphatic carbocycles. The Bertz CT molecular complexity index is 1270. The first kappa shape index (κ1) is 29.4. The second-order valence-corrected chi connectivity index (χ2v) is 8.93. The van der Waals surface area contributed by atoms with Crippen LogP contribution in [0.4, 0.5) is 0 Å². The van der Waals surface area contributed by atoms with Crippen LogP contribution in [0.25, 0.3) is 11.1 Å². The fourth-order valence-electron chi connectivity index (χ4n) is 3.92. The van der Waals surface area contributed by atoms with E-state index in [4.69, 9.17) is 45.3 Å². The summed E-state index contributed by atoms with van der Waals surface area (Å²) in [7, 11) is 0. The summed E-state index contributed by atoms with van der Waals surface area (Å²) in [6.45, 7) is 4.18. The van der Waals surface area contributed by atoms with Gasteiger partial charge in [0.15, 0.2) is 12.2 Å². The predicted octanol–water partition coefficient (Wildman–Crippen LogP) is 3.34. The molecule has 1 saturated heterocycles. The average molecular weight is 560 g/mol. The highest BCUT2D eigenvalue weighted by Gasteiger charge is 2.53. The fraction of sp³-hybridized carbons (Fsp3) is 0.370. The van der Waals surface area contributed by atoms with Crippen molar-refractivity contribution >= 4 is 35.5 Å². The van der Waals surface area contributed by atoms with Crippen molar-refractivity contribution in [1.29, 1.82) is 5.26 Å². The summed E-state index contributed by atoms with van der Waals surface area (Å²) < 4.78 is 33.1. The number of rotatable bonds is 8. The number of halogens is 1. The lowest BCUT2D eigenvalue weighted by molar-refractivity contribution is -0.288. The van der Waals surface area contributed by atoms with Crippen LogP contribution in [0.5, 0.6) is 5.75 Å². The van der Waals surface area contributed by atoms with E-state index in [-0.39, 0.29) is 17.4 Å². The van der Waals surface area contributed by atoms with Gasteiger partial charge in [0.1, 0.15) is 18.5 Å². The lowest BCUT2D eigenvalue weighted by Crippen LogP contribution is -2.63. The SMILES string of the molecule is CC(=O)OC[C@H]1O[C@@H](Oc2ccc(-c3ccc(C#N)cc3)cc2Cl)[C@@H](OC(C)=O)[C@@H](OC(C)=O)[C@@H]1OC(C)=O. The molecule has 12 heteroatoms. The van der Waals surface area contributed by atoms with Crippen LogP contribution in [0.3, 0.4) is 0 Å². The summed E-state index contributed by atoms with van der Waals surface area (Å²) in [5.74, 6) is -2.75. The van der Waals surface area contributed by atoms with Gasteiger partial charge >= 0.3 is 23.9 Å². The third-order valence-corrected chi connectivity index (χ3v) is 5.77. The number of hydrogen-bond donors (Lipinski definition) is 0. The van der Waals surface area contributed by atoms with Gasteiger partial charge in [-0.2, -0.15) is 5.26 Å². The zero-order valence-electron chi connectivity index (χ0n) is 21.5. The van der Waals surface area contributed by atoms with Gasteiger partial charge in [0.2, 0.25) is 12.4 Å². The van der Waals surface area contributed by atoms with Crippen molar-refractivity contribution in [3.63, 3.8) is 0 Å². The molecule has 39 heavy (non-hydrogen) atoms. The molecule has 0 saturated carbocycles. The molecular weight excluding hydrogens is 534 g/mol. The Labute approximate surface area is 229 Å². The third-order valence-electron chi connectivity index (χ3n) is 5.47. The predicted molar refractivity (Wildman–Crippen MR) is 134 cm³/mol. The van der Waals surface area contributed by atoms with Gasteiger partial charge in [-0.1, -0.05) is 29.8 Å². The zero-order chi connectivity index (χ0) is 28.7. The van der Waals surface area contributed by atoms with Crippen LogP contribution >= 0.6 is 11.6 Å². The minimum Gasteiger partial charge on any atom is -0.463 e. The van der Waals surface area contributed by atoms with E-state index in [2.05, 4.69) is 6.07 Å². The molecule has 206 valence electrons. The fourth-order valence-corrected chi connectivity index (χ4v) is 4.15. The summed E-state index contributed by atoms with van der Waals surface area (Å²) in [5, 5.41) is 9.18. The molecule has 0 unspecified atom stereocenters. The molecule has 3 rings (SSSR count). The van der Waals surface area contributed by atoms with Crippen LogP contribution in [0, 0.1) is 11.3 Å². The Morgan fingerprint density at radius 2 is 1.38 bits per heavy atom. The van der Waals surface area contributed by atoms with E-state index >= 15 is 0 Å². The second-order valence-electron chi connectivity index (χ2n) is 8.52. The molecule has 0 bridgehead atoms. The number of esters is 4. The second kappa shape index (κ2) is 13.1. The van der Waals surface area contributed by atoms with E-state index in [9.17, 15) is 19.2 Å². The molecule has 0 aromatic heterocycles. The summed E-state index contributed by atoms with van der Waals surface area (Å²) >= 11 is 6.50. The van der Waals surface area contributed by atoms with Crippen molar-refractivity contribution in [1.82, 2.24) is 0 Å². The minimum absolute atomic E-state index is 0.134. The van der Waals surface area contributed by atoms with Gasteiger partial charge in [0.25, 0.3) is 0 Å². The van der Waals surface area contributed by atoms with Crippen LogP contribution in [-0.4, -0.2) is 61.2 Å². The summed E-state index contributed by atoms with van der Waals surface area (Å²) in [6.07, 6.45) is -6.63. The Morgan fingerprint density at radius 1 is 0.821 bits per heavy atom. The highest BCUT2D eigenvalue weighted by Crippen LogP contribution is 2.35. The lowest BCUT2D eigenvalue weighted by atomic mass is 9.98. The van der Waals surface area contributed by atoms with Gasteiger partial charge in [-0.3, -0.25) is 19.2 Å². The van der Waals surface area contributed by atoms with Gasteiger partial charge in [0, 0.05) is 27.7 Å². The Balaban J connectivity index is 1.97. The maximum atomic E-state index is 12.0. The number of benzene rings is 2. The van der Waals surface area contributed by atoms with E-state index in [1.165, 1.54) is 6.92 Å². The van der Waals surface area contributed by atoms with Gasteiger partial charge < -0.3 is 28.4 Å². The van der Waals surface area contributed by atoms with Crippen LogP contribution < -0.4 is 4.74 Å². The van der Waals surface area contributed by atoms with Crippen molar-refractivity contribution in [3.05, 3.63) is 53.1 Å². The first-order chi connectivity index (χ1) is 18.5. The number of ether oxygens (including phenoxy) is 6. The molecule has 0 spiro atoms. The average Bonchev–Trinajstić information content (AvgIpc) is 2.86. The number of hydrogen-bond acceptors (Lipinski definition) is 11. The van der Waals surface area contributed by atoms with E-state index < -0.39 is 54.6 Å². The van der Waals surface area contributed by atoms with Crippen molar-refractivity contribution < 1.29 is 47.6 Å². The molecule has 1 fully saturated rings.